The van der Waals surface area contributed by atoms with E-state index in [1.54, 1.807) is 23.1 Å². The predicted octanol–water partition coefficient (Wildman–Crippen LogP) is 1.52. The molecule has 1 aliphatic heterocycles. The van der Waals surface area contributed by atoms with Crippen molar-refractivity contribution >= 4 is 17.5 Å². The Kier molecular flexibility index (Phi) is 3.56. The Labute approximate surface area is 115 Å². The standard InChI is InChI=1S/C11H14ClN7/c12-9-14-10(17-18-6-2-1-3-7-18)16-11(15-9)19-8-4-5-13-19/h4-5,8H,1-3,6-7H2,(H,14,15,16,17). The lowest BCUT2D eigenvalue weighted by molar-refractivity contribution is 0.271. The van der Waals surface area contributed by atoms with E-state index in [9.17, 15) is 0 Å². The normalized spacial score (nSPS) is 16.5. The van der Waals surface area contributed by atoms with E-state index in [1.165, 1.54) is 19.3 Å². The van der Waals surface area contributed by atoms with Crippen molar-refractivity contribution in [1.82, 2.24) is 29.7 Å². The second-order valence-corrected chi connectivity index (χ2v) is 4.68. The number of nitrogens with one attached hydrogen (secondary N) is 1. The number of hydrazine groups is 1. The van der Waals surface area contributed by atoms with Crippen molar-refractivity contribution in [2.45, 2.75) is 19.3 Å². The van der Waals surface area contributed by atoms with Crippen LogP contribution in [0.15, 0.2) is 18.5 Å². The number of hydrogen-bond acceptors (Lipinski definition) is 6. The van der Waals surface area contributed by atoms with E-state index in [4.69, 9.17) is 11.6 Å². The molecule has 8 heteroatoms. The molecule has 7 nitrogen and oxygen atoms in total. The average Bonchev–Trinajstić information content (AvgIpc) is 2.93. The molecular formula is C11H14ClN7. The summed E-state index contributed by atoms with van der Waals surface area (Å²) >= 11 is 5.92. The van der Waals surface area contributed by atoms with E-state index >= 15 is 0 Å². The Morgan fingerprint density at radius 2 is 1.95 bits per heavy atom. The zero-order chi connectivity index (χ0) is 13.1. The molecular weight excluding hydrogens is 266 g/mol. The highest BCUT2D eigenvalue weighted by atomic mass is 35.5. The Hall–Kier alpha value is -1.73. The zero-order valence-electron chi connectivity index (χ0n) is 10.3. The molecule has 1 saturated heterocycles. The summed E-state index contributed by atoms with van der Waals surface area (Å²) in [5.41, 5.74) is 3.17. The molecule has 1 aliphatic rings. The van der Waals surface area contributed by atoms with Gasteiger partial charge in [0.2, 0.25) is 11.2 Å². The van der Waals surface area contributed by atoms with Crippen molar-refractivity contribution in [1.29, 1.82) is 0 Å². The van der Waals surface area contributed by atoms with Crippen molar-refractivity contribution in [3.63, 3.8) is 0 Å². The van der Waals surface area contributed by atoms with Crippen LogP contribution in [0, 0.1) is 0 Å². The third-order valence-corrected chi connectivity index (χ3v) is 3.09. The molecule has 0 aliphatic carbocycles. The van der Waals surface area contributed by atoms with Crippen LogP contribution in [-0.4, -0.2) is 42.8 Å². The van der Waals surface area contributed by atoms with Crippen LogP contribution >= 0.6 is 11.6 Å². The molecule has 3 rings (SSSR count). The van der Waals surface area contributed by atoms with Crippen molar-refractivity contribution < 1.29 is 0 Å². The average molecular weight is 280 g/mol. The van der Waals surface area contributed by atoms with Gasteiger partial charge in [0.25, 0.3) is 5.95 Å². The fraction of sp³-hybridized carbons (Fsp3) is 0.455. The Balaban J connectivity index is 1.81. The molecule has 0 saturated carbocycles. The van der Waals surface area contributed by atoms with Gasteiger partial charge in [-0.15, -0.1) is 0 Å². The molecule has 2 aromatic rings. The van der Waals surface area contributed by atoms with E-state index < -0.39 is 0 Å². The molecule has 0 bridgehead atoms. The van der Waals surface area contributed by atoms with Crippen molar-refractivity contribution in [3.05, 3.63) is 23.7 Å². The molecule has 2 aromatic heterocycles. The monoisotopic (exact) mass is 279 g/mol. The first-order valence-electron chi connectivity index (χ1n) is 6.24. The fourth-order valence-electron chi connectivity index (χ4n) is 2.03. The van der Waals surface area contributed by atoms with Gasteiger partial charge in [-0.1, -0.05) is 6.42 Å². The lowest BCUT2D eigenvalue weighted by Crippen LogP contribution is -2.35. The number of anilines is 1. The largest absolute Gasteiger partial charge is 0.287 e. The van der Waals surface area contributed by atoms with Crippen LogP contribution in [0.25, 0.3) is 5.95 Å². The molecule has 100 valence electrons. The summed E-state index contributed by atoms with van der Waals surface area (Å²) in [7, 11) is 0. The molecule has 0 spiro atoms. The summed E-state index contributed by atoms with van der Waals surface area (Å²) in [6.07, 6.45) is 7.05. The van der Waals surface area contributed by atoms with Gasteiger partial charge in [0.1, 0.15) is 0 Å². The van der Waals surface area contributed by atoms with Crippen molar-refractivity contribution in [3.8, 4) is 5.95 Å². The van der Waals surface area contributed by atoms with E-state index in [0.717, 1.165) is 13.1 Å². The summed E-state index contributed by atoms with van der Waals surface area (Å²) in [4.78, 5) is 12.5. The minimum absolute atomic E-state index is 0.153. The van der Waals surface area contributed by atoms with Gasteiger partial charge in [0.05, 0.1) is 0 Å². The highest BCUT2D eigenvalue weighted by Gasteiger charge is 2.13. The first-order chi connectivity index (χ1) is 9.31. The number of rotatable bonds is 3. The van der Waals surface area contributed by atoms with Crippen LogP contribution in [0.1, 0.15) is 19.3 Å². The van der Waals surface area contributed by atoms with Gasteiger partial charge in [-0.3, -0.25) is 5.43 Å². The summed E-state index contributed by atoms with van der Waals surface area (Å²) < 4.78 is 1.55. The lowest BCUT2D eigenvalue weighted by atomic mass is 10.2. The van der Waals surface area contributed by atoms with E-state index in [2.05, 4.69) is 30.5 Å². The summed E-state index contributed by atoms with van der Waals surface area (Å²) in [6, 6.07) is 1.80. The Bertz CT molecular complexity index is 536. The lowest BCUT2D eigenvalue weighted by Gasteiger charge is -2.26. The molecule has 1 fully saturated rings. The van der Waals surface area contributed by atoms with Gasteiger partial charge in [-0.05, 0) is 30.5 Å². The molecule has 0 amide bonds. The Morgan fingerprint density at radius 3 is 2.68 bits per heavy atom. The maximum absolute atomic E-state index is 5.92. The molecule has 19 heavy (non-hydrogen) atoms. The quantitative estimate of drug-likeness (QED) is 0.918. The SMILES string of the molecule is Clc1nc(NN2CCCCC2)nc(-n2cccn2)n1. The van der Waals surface area contributed by atoms with Crippen LogP contribution in [0.4, 0.5) is 5.95 Å². The number of aromatic nitrogens is 5. The van der Waals surface area contributed by atoms with Gasteiger partial charge < -0.3 is 0 Å². The van der Waals surface area contributed by atoms with E-state index in [1.807, 2.05) is 0 Å². The van der Waals surface area contributed by atoms with E-state index in [-0.39, 0.29) is 5.28 Å². The highest BCUT2D eigenvalue weighted by molar-refractivity contribution is 6.28. The van der Waals surface area contributed by atoms with Crippen LogP contribution < -0.4 is 5.43 Å². The summed E-state index contributed by atoms with van der Waals surface area (Å²) in [5, 5.41) is 6.33. The van der Waals surface area contributed by atoms with Crippen LogP contribution in [0.5, 0.6) is 0 Å². The third kappa shape index (κ3) is 2.99. The zero-order valence-corrected chi connectivity index (χ0v) is 11.1. The number of piperidine rings is 1. The second-order valence-electron chi connectivity index (χ2n) is 4.34. The van der Waals surface area contributed by atoms with Crippen molar-refractivity contribution in [2.75, 3.05) is 18.5 Å². The second kappa shape index (κ2) is 5.50. The smallest absolute Gasteiger partial charge is 0.256 e. The number of halogens is 1. The Morgan fingerprint density at radius 1 is 1.11 bits per heavy atom. The van der Waals surface area contributed by atoms with Crippen LogP contribution in [0.3, 0.4) is 0 Å². The first kappa shape index (κ1) is 12.3. The molecule has 3 heterocycles. The van der Waals surface area contributed by atoms with Crippen molar-refractivity contribution in [2.24, 2.45) is 0 Å². The number of hydrogen-bond donors (Lipinski definition) is 1. The molecule has 0 radical (unpaired) electrons. The van der Waals surface area contributed by atoms with Gasteiger partial charge in [0.15, 0.2) is 0 Å². The highest BCUT2D eigenvalue weighted by Crippen LogP contribution is 2.12. The maximum Gasteiger partial charge on any atom is 0.256 e. The summed E-state index contributed by atoms with van der Waals surface area (Å²) in [5.74, 6) is 0.858. The van der Waals surface area contributed by atoms with Gasteiger partial charge >= 0.3 is 0 Å². The fourth-order valence-corrected chi connectivity index (χ4v) is 2.18. The molecule has 1 N–H and O–H groups in total. The first-order valence-corrected chi connectivity index (χ1v) is 6.62. The van der Waals surface area contributed by atoms with Gasteiger partial charge in [-0.2, -0.15) is 20.1 Å². The number of nitrogens with zero attached hydrogens (tertiary/aromatic N) is 6. The van der Waals surface area contributed by atoms with Crippen LogP contribution in [-0.2, 0) is 0 Å². The topological polar surface area (TPSA) is 71.8 Å². The predicted molar refractivity (Wildman–Crippen MR) is 71.0 cm³/mol. The third-order valence-electron chi connectivity index (χ3n) is 2.92. The molecule has 0 unspecified atom stereocenters. The van der Waals surface area contributed by atoms with Crippen LogP contribution in [0.2, 0.25) is 5.28 Å². The minimum Gasteiger partial charge on any atom is -0.287 e. The summed E-state index contributed by atoms with van der Waals surface area (Å²) in [6.45, 7) is 1.97. The minimum atomic E-state index is 0.153. The van der Waals surface area contributed by atoms with Gasteiger partial charge in [-0.25, -0.2) is 9.69 Å². The molecule has 0 atom stereocenters. The molecule has 0 aromatic carbocycles. The maximum atomic E-state index is 5.92. The van der Waals surface area contributed by atoms with E-state index in [0.29, 0.717) is 11.9 Å². The van der Waals surface area contributed by atoms with Gasteiger partial charge in [0, 0.05) is 25.5 Å².